The molecule has 146 valence electrons. The SMILES string of the molecule is CS(=O)(=O)c1cccnc1CN=C(Nc1ccccc1)N1CCCCC1.I. The third-order valence-electron chi connectivity index (χ3n) is 4.31. The van der Waals surface area contributed by atoms with E-state index in [1.54, 1.807) is 18.3 Å². The van der Waals surface area contributed by atoms with Crippen molar-refractivity contribution in [3.05, 3.63) is 54.4 Å². The molecule has 1 aromatic heterocycles. The minimum absolute atomic E-state index is 0. The summed E-state index contributed by atoms with van der Waals surface area (Å²) in [6, 6.07) is 13.1. The van der Waals surface area contributed by atoms with Crippen LogP contribution in [0.4, 0.5) is 5.69 Å². The quantitative estimate of drug-likeness (QED) is 0.395. The van der Waals surface area contributed by atoms with Gasteiger partial charge in [-0.25, -0.2) is 13.4 Å². The molecular weight excluding hydrogens is 475 g/mol. The van der Waals surface area contributed by atoms with Gasteiger partial charge in [-0.2, -0.15) is 0 Å². The maximum Gasteiger partial charge on any atom is 0.198 e. The molecule has 1 saturated heterocycles. The van der Waals surface area contributed by atoms with Gasteiger partial charge in [0.25, 0.3) is 0 Å². The van der Waals surface area contributed by atoms with E-state index in [4.69, 9.17) is 4.99 Å². The maximum absolute atomic E-state index is 12.0. The van der Waals surface area contributed by atoms with Gasteiger partial charge in [0.15, 0.2) is 15.8 Å². The molecule has 0 spiro atoms. The second kappa shape index (κ2) is 10.0. The lowest BCUT2D eigenvalue weighted by Gasteiger charge is -2.30. The third-order valence-corrected chi connectivity index (χ3v) is 5.48. The highest BCUT2D eigenvalue weighted by Gasteiger charge is 2.17. The smallest absolute Gasteiger partial charge is 0.198 e. The average molecular weight is 500 g/mol. The lowest BCUT2D eigenvalue weighted by Crippen LogP contribution is -2.40. The number of pyridine rings is 1. The van der Waals surface area contributed by atoms with E-state index < -0.39 is 9.84 Å². The Balaban J connectivity index is 0.00000261. The van der Waals surface area contributed by atoms with E-state index in [9.17, 15) is 8.42 Å². The fraction of sp³-hybridized carbons (Fsp3) is 0.368. The fourth-order valence-corrected chi connectivity index (χ4v) is 3.88. The van der Waals surface area contributed by atoms with Crippen LogP contribution >= 0.6 is 24.0 Å². The van der Waals surface area contributed by atoms with Gasteiger partial charge in [-0.15, -0.1) is 24.0 Å². The van der Waals surface area contributed by atoms with Crippen molar-refractivity contribution in [2.24, 2.45) is 4.99 Å². The van der Waals surface area contributed by atoms with E-state index in [0.717, 1.165) is 37.6 Å². The average Bonchev–Trinajstić information content (AvgIpc) is 2.66. The Labute approximate surface area is 178 Å². The molecule has 8 heteroatoms. The Morgan fingerprint density at radius 3 is 2.48 bits per heavy atom. The van der Waals surface area contributed by atoms with Crippen molar-refractivity contribution in [2.75, 3.05) is 24.7 Å². The van der Waals surface area contributed by atoms with Gasteiger partial charge in [0, 0.05) is 31.2 Å². The number of aromatic nitrogens is 1. The molecule has 0 saturated carbocycles. The number of nitrogens with zero attached hydrogens (tertiary/aromatic N) is 3. The molecule has 1 N–H and O–H groups in total. The van der Waals surface area contributed by atoms with Crippen molar-refractivity contribution in [1.29, 1.82) is 0 Å². The van der Waals surface area contributed by atoms with Crippen LogP contribution in [0.2, 0.25) is 0 Å². The summed E-state index contributed by atoms with van der Waals surface area (Å²) < 4.78 is 24.0. The molecule has 0 aliphatic carbocycles. The first-order valence-corrected chi connectivity index (χ1v) is 10.7. The monoisotopic (exact) mass is 500 g/mol. The van der Waals surface area contributed by atoms with Crippen LogP contribution in [-0.2, 0) is 16.4 Å². The molecule has 2 aromatic rings. The van der Waals surface area contributed by atoms with Gasteiger partial charge in [0.05, 0.1) is 17.1 Å². The van der Waals surface area contributed by atoms with Crippen molar-refractivity contribution in [2.45, 2.75) is 30.7 Å². The summed E-state index contributed by atoms with van der Waals surface area (Å²) in [5, 5.41) is 3.38. The van der Waals surface area contributed by atoms with Crippen molar-refractivity contribution < 1.29 is 8.42 Å². The number of aliphatic imine (C=N–C) groups is 1. The van der Waals surface area contributed by atoms with Gasteiger partial charge in [-0.1, -0.05) is 18.2 Å². The zero-order valence-electron chi connectivity index (χ0n) is 15.3. The normalized spacial score (nSPS) is 15.1. The molecule has 1 fully saturated rings. The van der Waals surface area contributed by atoms with E-state index in [1.807, 2.05) is 30.3 Å². The first-order chi connectivity index (χ1) is 12.5. The summed E-state index contributed by atoms with van der Waals surface area (Å²) in [6.45, 7) is 2.11. The van der Waals surface area contributed by atoms with Crippen LogP contribution in [0.1, 0.15) is 25.0 Å². The fourth-order valence-electron chi connectivity index (χ4n) is 3.00. The van der Waals surface area contributed by atoms with E-state index in [1.165, 1.54) is 12.7 Å². The van der Waals surface area contributed by atoms with Crippen molar-refractivity contribution in [3.8, 4) is 0 Å². The van der Waals surface area contributed by atoms with Crippen LogP contribution < -0.4 is 5.32 Å². The number of likely N-dealkylation sites (tertiary alicyclic amines) is 1. The van der Waals surface area contributed by atoms with Crippen LogP contribution in [0, 0.1) is 0 Å². The van der Waals surface area contributed by atoms with Gasteiger partial charge < -0.3 is 10.2 Å². The number of benzene rings is 1. The minimum atomic E-state index is -3.33. The predicted molar refractivity (Wildman–Crippen MR) is 119 cm³/mol. The standard InChI is InChI=1S/C19H24N4O2S.HI/c1-26(24,25)18-11-8-12-20-17(18)15-21-19(23-13-6-3-7-14-23)22-16-9-4-2-5-10-16;/h2,4-5,8-12H,3,6-7,13-15H2,1H3,(H,21,22);1H. The number of sulfone groups is 1. The Kier molecular flexibility index (Phi) is 8.03. The third kappa shape index (κ3) is 6.17. The van der Waals surface area contributed by atoms with E-state index in [0.29, 0.717) is 5.69 Å². The Morgan fingerprint density at radius 2 is 1.81 bits per heavy atom. The number of hydrogen-bond donors (Lipinski definition) is 1. The molecule has 2 heterocycles. The number of hydrogen-bond acceptors (Lipinski definition) is 4. The van der Waals surface area contributed by atoms with Crippen molar-refractivity contribution in [1.82, 2.24) is 9.88 Å². The van der Waals surface area contributed by atoms with Gasteiger partial charge in [-0.05, 0) is 43.5 Å². The summed E-state index contributed by atoms with van der Waals surface area (Å²) in [5.41, 5.74) is 1.43. The largest absolute Gasteiger partial charge is 0.343 e. The minimum Gasteiger partial charge on any atom is -0.343 e. The Morgan fingerprint density at radius 1 is 1.11 bits per heavy atom. The number of piperidine rings is 1. The lowest BCUT2D eigenvalue weighted by molar-refractivity contribution is 0.340. The maximum atomic E-state index is 12.0. The van der Waals surface area contributed by atoms with E-state index in [2.05, 4.69) is 15.2 Å². The lowest BCUT2D eigenvalue weighted by atomic mass is 10.1. The highest BCUT2D eigenvalue weighted by atomic mass is 127. The summed E-state index contributed by atoms with van der Waals surface area (Å²) in [6.07, 6.45) is 6.30. The number of rotatable bonds is 4. The van der Waals surface area contributed by atoms with Crippen molar-refractivity contribution in [3.63, 3.8) is 0 Å². The second-order valence-corrected chi connectivity index (χ2v) is 8.38. The molecule has 3 rings (SSSR count). The van der Waals surface area contributed by atoms with Crippen LogP contribution in [0.25, 0.3) is 0 Å². The van der Waals surface area contributed by atoms with Gasteiger partial charge in [0.2, 0.25) is 0 Å². The molecule has 0 unspecified atom stereocenters. The number of nitrogens with one attached hydrogen (secondary N) is 1. The zero-order chi connectivity index (χ0) is 18.4. The number of guanidine groups is 1. The van der Waals surface area contributed by atoms with Crippen LogP contribution in [0.5, 0.6) is 0 Å². The first kappa shape index (κ1) is 21.6. The molecule has 1 aliphatic heterocycles. The molecule has 1 aliphatic rings. The highest BCUT2D eigenvalue weighted by molar-refractivity contribution is 14.0. The van der Waals surface area contributed by atoms with Crippen LogP contribution in [0.15, 0.2) is 58.5 Å². The number of para-hydroxylation sites is 1. The summed E-state index contributed by atoms with van der Waals surface area (Å²) in [5.74, 6) is 0.765. The van der Waals surface area contributed by atoms with Gasteiger partial charge in [-0.3, -0.25) is 4.98 Å². The molecule has 1 aromatic carbocycles. The molecule has 27 heavy (non-hydrogen) atoms. The molecule has 0 atom stereocenters. The highest BCUT2D eigenvalue weighted by Crippen LogP contribution is 2.16. The van der Waals surface area contributed by atoms with E-state index in [-0.39, 0.29) is 35.4 Å². The van der Waals surface area contributed by atoms with Gasteiger partial charge >= 0.3 is 0 Å². The Hall–Kier alpha value is -1.68. The molecular formula is C19H25IN4O2S. The van der Waals surface area contributed by atoms with Gasteiger partial charge in [0.1, 0.15) is 0 Å². The van der Waals surface area contributed by atoms with Crippen LogP contribution in [-0.4, -0.2) is 43.6 Å². The van der Waals surface area contributed by atoms with Crippen molar-refractivity contribution >= 4 is 45.5 Å². The molecule has 0 bridgehead atoms. The summed E-state index contributed by atoms with van der Waals surface area (Å²) in [4.78, 5) is 11.4. The second-order valence-electron chi connectivity index (χ2n) is 6.40. The molecule has 0 radical (unpaired) electrons. The summed E-state index contributed by atoms with van der Waals surface area (Å²) in [7, 11) is -3.33. The number of halogens is 1. The molecule has 6 nitrogen and oxygen atoms in total. The summed E-state index contributed by atoms with van der Waals surface area (Å²) >= 11 is 0. The predicted octanol–water partition coefficient (Wildman–Crippen LogP) is 3.56. The first-order valence-electron chi connectivity index (χ1n) is 8.79. The zero-order valence-corrected chi connectivity index (χ0v) is 18.5. The topological polar surface area (TPSA) is 74.7 Å². The van der Waals surface area contributed by atoms with Crippen LogP contribution in [0.3, 0.4) is 0 Å². The van der Waals surface area contributed by atoms with E-state index >= 15 is 0 Å². The number of anilines is 1. The Bertz CT molecular complexity index is 866. The molecule has 0 amide bonds.